The van der Waals surface area contributed by atoms with E-state index in [4.69, 9.17) is 10.5 Å². The van der Waals surface area contributed by atoms with Crippen LogP contribution in [0.5, 0.6) is 5.75 Å². The van der Waals surface area contributed by atoms with Gasteiger partial charge in [-0.25, -0.2) is 0 Å². The SMILES string of the molecule is COc1ccc(N)c(NCC2(O)CCC2)c1. The molecule has 0 saturated heterocycles. The van der Waals surface area contributed by atoms with Gasteiger partial charge in [0, 0.05) is 12.6 Å². The molecule has 0 aromatic heterocycles. The fourth-order valence-electron chi connectivity index (χ4n) is 1.84. The van der Waals surface area contributed by atoms with Crippen LogP contribution in [-0.4, -0.2) is 24.4 Å². The summed E-state index contributed by atoms with van der Waals surface area (Å²) in [6, 6.07) is 5.46. The minimum Gasteiger partial charge on any atom is -0.497 e. The summed E-state index contributed by atoms with van der Waals surface area (Å²) in [5.41, 5.74) is 6.78. The molecule has 1 saturated carbocycles. The van der Waals surface area contributed by atoms with E-state index in [9.17, 15) is 5.11 Å². The second-order valence-corrected chi connectivity index (χ2v) is 4.38. The van der Waals surface area contributed by atoms with Crippen LogP contribution >= 0.6 is 0 Å². The summed E-state index contributed by atoms with van der Waals surface area (Å²) in [5.74, 6) is 0.761. The van der Waals surface area contributed by atoms with Crippen LogP contribution in [0.15, 0.2) is 18.2 Å². The smallest absolute Gasteiger partial charge is 0.121 e. The molecule has 0 radical (unpaired) electrons. The molecule has 1 aromatic rings. The minimum atomic E-state index is -0.546. The number of hydrogen-bond donors (Lipinski definition) is 3. The molecule has 1 aliphatic rings. The maximum Gasteiger partial charge on any atom is 0.121 e. The first-order valence-corrected chi connectivity index (χ1v) is 5.53. The zero-order chi connectivity index (χ0) is 11.6. The monoisotopic (exact) mass is 222 g/mol. The quantitative estimate of drug-likeness (QED) is 0.677. The van der Waals surface area contributed by atoms with Gasteiger partial charge in [-0.15, -0.1) is 0 Å². The van der Waals surface area contributed by atoms with Crippen molar-refractivity contribution in [3.8, 4) is 5.75 Å². The number of methoxy groups -OCH3 is 1. The number of hydrogen-bond acceptors (Lipinski definition) is 4. The third-order valence-corrected chi connectivity index (χ3v) is 3.15. The minimum absolute atomic E-state index is 0.546. The Kier molecular flexibility index (Phi) is 2.92. The number of nitrogens with one attached hydrogen (secondary N) is 1. The van der Waals surface area contributed by atoms with Crippen LogP contribution in [0.3, 0.4) is 0 Å². The zero-order valence-electron chi connectivity index (χ0n) is 9.49. The van der Waals surface area contributed by atoms with E-state index in [0.717, 1.165) is 30.7 Å². The number of nitrogens with two attached hydrogens (primary N) is 1. The predicted octanol–water partition coefficient (Wildman–Crippen LogP) is 1.60. The van der Waals surface area contributed by atoms with Crippen LogP contribution in [0.1, 0.15) is 19.3 Å². The number of nitrogen functional groups attached to an aromatic ring is 1. The molecule has 0 unspecified atom stereocenters. The second-order valence-electron chi connectivity index (χ2n) is 4.38. The van der Waals surface area contributed by atoms with E-state index < -0.39 is 5.60 Å². The fraction of sp³-hybridized carbons (Fsp3) is 0.500. The summed E-state index contributed by atoms with van der Waals surface area (Å²) in [6.45, 7) is 0.546. The van der Waals surface area contributed by atoms with Crippen LogP contribution in [0.25, 0.3) is 0 Å². The highest BCUT2D eigenvalue weighted by Crippen LogP contribution is 2.32. The molecule has 4 nitrogen and oxygen atoms in total. The van der Waals surface area contributed by atoms with Gasteiger partial charge in [0.15, 0.2) is 0 Å². The average molecular weight is 222 g/mol. The highest BCUT2D eigenvalue weighted by Gasteiger charge is 2.34. The Hall–Kier alpha value is -1.42. The van der Waals surface area contributed by atoms with Crippen molar-refractivity contribution in [1.29, 1.82) is 0 Å². The molecule has 0 aliphatic heterocycles. The number of ether oxygens (including phenoxy) is 1. The Labute approximate surface area is 95.4 Å². The largest absolute Gasteiger partial charge is 0.497 e. The standard InChI is InChI=1S/C12H18N2O2/c1-16-9-3-4-10(13)11(7-9)14-8-12(15)5-2-6-12/h3-4,7,14-15H,2,5-6,8,13H2,1H3. The summed E-state index contributed by atoms with van der Waals surface area (Å²) in [6.07, 6.45) is 2.83. The van der Waals surface area contributed by atoms with Crippen LogP contribution in [0.4, 0.5) is 11.4 Å². The molecule has 1 aliphatic carbocycles. The molecule has 0 spiro atoms. The first-order chi connectivity index (χ1) is 7.63. The Morgan fingerprint density at radius 1 is 1.50 bits per heavy atom. The van der Waals surface area contributed by atoms with Gasteiger partial charge in [-0.1, -0.05) is 0 Å². The summed E-state index contributed by atoms with van der Waals surface area (Å²) in [5, 5.41) is 13.1. The number of benzene rings is 1. The van der Waals surface area contributed by atoms with Gasteiger partial charge in [-0.3, -0.25) is 0 Å². The van der Waals surface area contributed by atoms with Gasteiger partial charge >= 0.3 is 0 Å². The van der Waals surface area contributed by atoms with Crippen LogP contribution in [-0.2, 0) is 0 Å². The lowest BCUT2D eigenvalue weighted by atomic mass is 9.80. The third kappa shape index (κ3) is 2.22. The van der Waals surface area contributed by atoms with Crippen LogP contribution < -0.4 is 15.8 Å². The molecule has 0 heterocycles. The molecule has 1 aromatic carbocycles. The molecule has 0 atom stereocenters. The van der Waals surface area contributed by atoms with Gasteiger partial charge in [0.25, 0.3) is 0 Å². The zero-order valence-corrected chi connectivity index (χ0v) is 9.49. The maximum absolute atomic E-state index is 9.95. The Morgan fingerprint density at radius 3 is 2.81 bits per heavy atom. The third-order valence-electron chi connectivity index (χ3n) is 3.15. The van der Waals surface area contributed by atoms with E-state index in [0.29, 0.717) is 12.2 Å². The molecule has 88 valence electrons. The summed E-state index contributed by atoms with van der Waals surface area (Å²) < 4.78 is 5.12. The Bertz CT molecular complexity index is 375. The molecular formula is C12H18N2O2. The predicted molar refractivity (Wildman–Crippen MR) is 64.7 cm³/mol. The Balaban J connectivity index is 2.02. The number of anilines is 2. The van der Waals surface area contributed by atoms with Crippen molar-refractivity contribution in [2.24, 2.45) is 0 Å². The lowest BCUT2D eigenvalue weighted by molar-refractivity contribution is -0.0201. The second kappa shape index (κ2) is 4.22. The molecular weight excluding hydrogens is 204 g/mol. The Morgan fingerprint density at radius 2 is 2.25 bits per heavy atom. The van der Waals surface area contributed by atoms with Crippen molar-refractivity contribution < 1.29 is 9.84 Å². The lowest BCUT2D eigenvalue weighted by Gasteiger charge is -2.37. The summed E-state index contributed by atoms with van der Waals surface area (Å²) >= 11 is 0. The van der Waals surface area contributed by atoms with Crippen molar-refractivity contribution in [1.82, 2.24) is 0 Å². The van der Waals surface area contributed by atoms with E-state index >= 15 is 0 Å². The van der Waals surface area contributed by atoms with Crippen LogP contribution in [0.2, 0.25) is 0 Å². The lowest BCUT2D eigenvalue weighted by Crippen LogP contribution is -2.43. The summed E-state index contributed by atoms with van der Waals surface area (Å²) in [4.78, 5) is 0. The number of aliphatic hydroxyl groups is 1. The highest BCUT2D eigenvalue weighted by molar-refractivity contribution is 5.68. The van der Waals surface area contributed by atoms with Crippen molar-refractivity contribution in [2.75, 3.05) is 24.7 Å². The topological polar surface area (TPSA) is 67.5 Å². The maximum atomic E-state index is 9.95. The van der Waals surface area contributed by atoms with Gasteiger partial charge in [0.1, 0.15) is 5.75 Å². The van der Waals surface area contributed by atoms with Gasteiger partial charge in [-0.05, 0) is 31.4 Å². The van der Waals surface area contributed by atoms with Gasteiger partial charge in [0.2, 0.25) is 0 Å². The van der Waals surface area contributed by atoms with Gasteiger partial charge in [0.05, 0.1) is 24.1 Å². The van der Waals surface area contributed by atoms with Gasteiger partial charge < -0.3 is 20.9 Å². The van der Waals surface area contributed by atoms with Crippen molar-refractivity contribution in [3.63, 3.8) is 0 Å². The first-order valence-electron chi connectivity index (χ1n) is 5.53. The highest BCUT2D eigenvalue weighted by atomic mass is 16.5. The van der Waals surface area contributed by atoms with Crippen molar-refractivity contribution in [3.05, 3.63) is 18.2 Å². The van der Waals surface area contributed by atoms with E-state index in [1.54, 1.807) is 13.2 Å². The van der Waals surface area contributed by atoms with Crippen LogP contribution in [0, 0.1) is 0 Å². The number of rotatable bonds is 4. The molecule has 0 bridgehead atoms. The normalized spacial score (nSPS) is 17.6. The molecule has 2 rings (SSSR count). The van der Waals surface area contributed by atoms with E-state index in [1.165, 1.54) is 0 Å². The molecule has 0 amide bonds. The first kappa shape index (κ1) is 11.1. The summed E-state index contributed by atoms with van der Waals surface area (Å²) in [7, 11) is 1.62. The fourth-order valence-corrected chi connectivity index (χ4v) is 1.84. The van der Waals surface area contributed by atoms with E-state index in [-0.39, 0.29) is 0 Å². The molecule has 4 N–H and O–H groups in total. The van der Waals surface area contributed by atoms with E-state index in [1.807, 2.05) is 12.1 Å². The van der Waals surface area contributed by atoms with Crippen molar-refractivity contribution >= 4 is 11.4 Å². The van der Waals surface area contributed by atoms with Crippen molar-refractivity contribution in [2.45, 2.75) is 24.9 Å². The average Bonchev–Trinajstić information content (AvgIpc) is 2.25. The molecule has 1 fully saturated rings. The van der Waals surface area contributed by atoms with E-state index in [2.05, 4.69) is 5.32 Å². The molecule has 16 heavy (non-hydrogen) atoms. The van der Waals surface area contributed by atoms with Gasteiger partial charge in [-0.2, -0.15) is 0 Å². The molecule has 4 heteroatoms.